The highest BCUT2D eigenvalue weighted by molar-refractivity contribution is 7.99. The highest BCUT2D eigenvalue weighted by Crippen LogP contribution is 2.26. The molecule has 1 fully saturated rings. The molecular formula is C15H24N2OS. The van der Waals surface area contributed by atoms with Crippen molar-refractivity contribution in [2.24, 2.45) is 5.73 Å². The van der Waals surface area contributed by atoms with Gasteiger partial charge in [0.1, 0.15) is 0 Å². The summed E-state index contributed by atoms with van der Waals surface area (Å²) in [4.78, 5) is 2.52. The first-order chi connectivity index (χ1) is 9.24. The molecule has 0 bridgehead atoms. The molecule has 1 heterocycles. The third-order valence-electron chi connectivity index (χ3n) is 3.61. The van der Waals surface area contributed by atoms with Crippen LogP contribution < -0.4 is 5.73 Å². The number of hydrogen-bond acceptors (Lipinski definition) is 4. The van der Waals surface area contributed by atoms with E-state index in [2.05, 4.69) is 47.9 Å². The molecule has 3 nitrogen and oxygen atoms in total. The molecular weight excluding hydrogens is 256 g/mol. The standard InChI is InChI=1S/C15H24N2OS/c1-12-10-17(7-8-19-12)15(9-16)14-5-3-13(4-6-14)11-18-2/h3-6,12,15H,7-11,16H2,1-2H3. The van der Waals surface area contributed by atoms with Crippen LogP contribution in [0.1, 0.15) is 24.1 Å². The minimum absolute atomic E-state index is 0.347. The van der Waals surface area contributed by atoms with E-state index in [4.69, 9.17) is 10.5 Å². The Kier molecular flexibility index (Phi) is 5.70. The molecule has 0 amide bonds. The number of nitrogens with zero attached hydrogens (tertiary/aromatic N) is 1. The third kappa shape index (κ3) is 3.96. The van der Waals surface area contributed by atoms with Crippen LogP contribution in [0.5, 0.6) is 0 Å². The summed E-state index contributed by atoms with van der Waals surface area (Å²) in [6.45, 7) is 5.92. The van der Waals surface area contributed by atoms with Gasteiger partial charge in [-0.05, 0) is 11.1 Å². The summed E-state index contributed by atoms with van der Waals surface area (Å²) in [5, 5.41) is 0.704. The average Bonchev–Trinajstić information content (AvgIpc) is 2.42. The zero-order chi connectivity index (χ0) is 13.7. The lowest BCUT2D eigenvalue weighted by atomic mass is 10.0. The van der Waals surface area contributed by atoms with E-state index in [1.807, 2.05) is 0 Å². The van der Waals surface area contributed by atoms with E-state index in [-0.39, 0.29) is 0 Å². The molecule has 0 spiro atoms. The van der Waals surface area contributed by atoms with Gasteiger partial charge >= 0.3 is 0 Å². The molecule has 19 heavy (non-hydrogen) atoms. The maximum atomic E-state index is 6.00. The van der Waals surface area contributed by atoms with E-state index in [0.717, 1.165) is 13.1 Å². The van der Waals surface area contributed by atoms with Crippen molar-refractivity contribution >= 4 is 11.8 Å². The Morgan fingerprint density at radius 3 is 2.74 bits per heavy atom. The molecule has 2 atom stereocenters. The molecule has 0 saturated carbocycles. The first-order valence-electron chi connectivity index (χ1n) is 6.88. The van der Waals surface area contributed by atoms with Gasteiger partial charge in [0.2, 0.25) is 0 Å². The van der Waals surface area contributed by atoms with E-state index in [0.29, 0.717) is 24.4 Å². The molecule has 0 aliphatic carbocycles. The van der Waals surface area contributed by atoms with Crippen molar-refractivity contribution in [2.75, 3.05) is 32.5 Å². The Labute approximate surface area is 120 Å². The van der Waals surface area contributed by atoms with Crippen molar-refractivity contribution < 1.29 is 4.74 Å². The fraction of sp³-hybridized carbons (Fsp3) is 0.600. The van der Waals surface area contributed by atoms with Gasteiger partial charge in [-0.25, -0.2) is 0 Å². The fourth-order valence-electron chi connectivity index (χ4n) is 2.63. The van der Waals surface area contributed by atoms with E-state index in [1.165, 1.54) is 16.9 Å². The van der Waals surface area contributed by atoms with E-state index < -0.39 is 0 Å². The van der Waals surface area contributed by atoms with Crippen LogP contribution in [0.25, 0.3) is 0 Å². The van der Waals surface area contributed by atoms with E-state index in [9.17, 15) is 0 Å². The summed E-state index contributed by atoms with van der Waals surface area (Å²) >= 11 is 2.05. The quantitative estimate of drug-likeness (QED) is 0.898. The first-order valence-corrected chi connectivity index (χ1v) is 7.93. The number of thioether (sulfide) groups is 1. The summed E-state index contributed by atoms with van der Waals surface area (Å²) in [7, 11) is 1.73. The summed E-state index contributed by atoms with van der Waals surface area (Å²) < 4.78 is 5.15. The van der Waals surface area contributed by atoms with Crippen LogP contribution in [0.3, 0.4) is 0 Å². The Morgan fingerprint density at radius 1 is 1.42 bits per heavy atom. The van der Waals surface area contributed by atoms with Gasteiger partial charge in [-0.15, -0.1) is 0 Å². The molecule has 0 aromatic heterocycles. The van der Waals surface area contributed by atoms with Gasteiger partial charge in [-0.3, -0.25) is 4.90 Å². The average molecular weight is 280 g/mol. The number of benzene rings is 1. The van der Waals surface area contributed by atoms with Crippen LogP contribution in [0.2, 0.25) is 0 Å². The number of hydrogen-bond donors (Lipinski definition) is 1. The highest BCUT2D eigenvalue weighted by Gasteiger charge is 2.24. The predicted molar refractivity (Wildman–Crippen MR) is 82.4 cm³/mol. The summed E-state index contributed by atoms with van der Waals surface area (Å²) in [5.41, 5.74) is 8.54. The molecule has 106 valence electrons. The molecule has 2 rings (SSSR count). The zero-order valence-electron chi connectivity index (χ0n) is 11.8. The monoisotopic (exact) mass is 280 g/mol. The van der Waals surface area contributed by atoms with Gasteiger partial charge in [0, 0.05) is 43.8 Å². The number of nitrogens with two attached hydrogens (primary N) is 1. The summed E-state index contributed by atoms with van der Waals surface area (Å²) in [6.07, 6.45) is 0. The predicted octanol–water partition coefficient (Wildman–Crippen LogP) is 2.27. The molecule has 2 N–H and O–H groups in total. The highest BCUT2D eigenvalue weighted by atomic mass is 32.2. The lowest BCUT2D eigenvalue weighted by molar-refractivity contribution is 0.184. The maximum Gasteiger partial charge on any atom is 0.0713 e. The topological polar surface area (TPSA) is 38.5 Å². The molecule has 1 saturated heterocycles. The summed E-state index contributed by atoms with van der Waals surface area (Å²) in [5.74, 6) is 1.21. The van der Waals surface area contributed by atoms with Crippen LogP contribution in [0.4, 0.5) is 0 Å². The van der Waals surface area contributed by atoms with Crippen LogP contribution >= 0.6 is 11.8 Å². The largest absolute Gasteiger partial charge is 0.380 e. The summed E-state index contributed by atoms with van der Waals surface area (Å²) in [6, 6.07) is 9.02. The Morgan fingerprint density at radius 2 is 2.16 bits per heavy atom. The lowest BCUT2D eigenvalue weighted by Crippen LogP contribution is -2.42. The minimum Gasteiger partial charge on any atom is -0.380 e. The van der Waals surface area contributed by atoms with Crippen molar-refractivity contribution in [3.05, 3.63) is 35.4 Å². The normalized spacial score (nSPS) is 22.4. The number of rotatable bonds is 5. The van der Waals surface area contributed by atoms with Gasteiger partial charge in [-0.2, -0.15) is 11.8 Å². The Hall–Kier alpha value is -0.550. The van der Waals surface area contributed by atoms with Crippen molar-refractivity contribution in [1.82, 2.24) is 4.90 Å². The molecule has 1 aliphatic heterocycles. The minimum atomic E-state index is 0.347. The molecule has 1 aliphatic rings. The first kappa shape index (κ1) is 14.9. The molecule has 2 unspecified atom stereocenters. The molecule has 1 aromatic carbocycles. The van der Waals surface area contributed by atoms with Crippen LogP contribution in [-0.2, 0) is 11.3 Å². The second-order valence-corrected chi connectivity index (χ2v) is 6.65. The van der Waals surface area contributed by atoms with E-state index in [1.54, 1.807) is 7.11 Å². The number of ether oxygens (including phenoxy) is 1. The Balaban J connectivity index is 2.07. The van der Waals surface area contributed by atoms with Gasteiger partial charge in [0.25, 0.3) is 0 Å². The number of methoxy groups -OCH3 is 1. The van der Waals surface area contributed by atoms with Crippen molar-refractivity contribution in [3.8, 4) is 0 Å². The van der Waals surface area contributed by atoms with Gasteiger partial charge < -0.3 is 10.5 Å². The van der Waals surface area contributed by atoms with Gasteiger partial charge in [0.15, 0.2) is 0 Å². The van der Waals surface area contributed by atoms with Crippen molar-refractivity contribution in [1.29, 1.82) is 0 Å². The van der Waals surface area contributed by atoms with Gasteiger partial charge in [0.05, 0.1) is 6.61 Å². The van der Waals surface area contributed by atoms with Crippen molar-refractivity contribution in [2.45, 2.75) is 24.8 Å². The smallest absolute Gasteiger partial charge is 0.0713 e. The second-order valence-electron chi connectivity index (χ2n) is 5.10. The molecule has 1 aromatic rings. The molecule has 4 heteroatoms. The van der Waals surface area contributed by atoms with Crippen LogP contribution in [0, 0.1) is 0 Å². The van der Waals surface area contributed by atoms with E-state index >= 15 is 0 Å². The SMILES string of the molecule is COCc1ccc(C(CN)N2CCSC(C)C2)cc1. The van der Waals surface area contributed by atoms with Gasteiger partial charge in [-0.1, -0.05) is 31.2 Å². The Bertz CT molecular complexity index is 382. The zero-order valence-corrected chi connectivity index (χ0v) is 12.7. The fourth-order valence-corrected chi connectivity index (χ4v) is 3.67. The van der Waals surface area contributed by atoms with Crippen molar-refractivity contribution in [3.63, 3.8) is 0 Å². The van der Waals surface area contributed by atoms with Crippen LogP contribution in [0.15, 0.2) is 24.3 Å². The maximum absolute atomic E-state index is 6.00. The molecule has 0 radical (unpaired) electrons. The third-order valence-corrected chi connectivity index (χ3v) is 4.75. The second kappa shape index (κ2) is 7.29. The van der Waals surface area contributed by atoms with Crippen LogP contribution in [-0.4, -0.2) is 42.6 Å². The lowest BCUT2D eigenvalue weighted by Gasteiger charge is -2.36.